The van der Waals surface area contributed by atoms with Gasteiger partial charge < -0.3 is 4.57 Å². The third-order valence-corrected chi connectivity index (χ3v) is 1.68. The zero-order chi connectivity index (χ0) is 9.68. The zero-order valence-corrected chi connectivity index (χ0v) is 7.53. The first-order chi connectivity index (χ1) is 6.27. The van der Waals surface area contributed by atoms with Crippen molar-refractivity contribution in [2.24, 2.45) is 0 Å². The van der Waals surface area contributed by atoms with Crippen molar-refractivity contribution in [3.8, 4) is 6.07 Å². The van der Waals surface area contributed by atoms with Crippen LogP contribution in [0.25, 0.3) is 0 Å². The van der Waals surface area contributed by atoms with Gasteiger partial charge in [0.1, 0.15) is 6.07 Å². The van der Waals surface area contributed by atoms with Gasteiger partial charge in [-0.15, -0.1) is 0 Å². The van der Waals surface area contributed by atoms with Gasteiger partial charge in [0.25, 0.3) is 5.56 Å². The number of aromatic nitrogens is 1. The summed E-state index contributed by atoms with van der Waals surface area (Å²) in [7, 11) is 0. The molecule has 0 unspecified atom stereocenters. The van der Waals surface area contributed by atoms with Gasteiger partial charge in [-0.25, -0.2) is 0 Å². The van der Waals surface area contributed by atoms with Crippen molar-refractivity contribution in [3.63, 3.8) is 0 Å². The first-order valence-corrected chi connectivity index (χ1v) is 4.07. The molecule has 0 fully saturated rings. The Bertz CT molecular complexity index is 414. The predicted molar refractivity (Wildman–Crippen MR) is 50.4 cm³/mol. The number of halogens is 1. The number of allylic oxidation sites excluding steroid dienone is 1. The molecule has 0 aromatic carbocycles. The van der Waals surface area contributed by atoms with Gasteiger partial charge in [-0.3, -0.25) is 4.79 Å². The molecule has 0 radical (unpaired) electrons. The van der Waals surface area contributed by atoms with Crippen molar-refractivity contribution < 1.29 is 0 Å². The highest BCUT2D eigenvalue weighted by Crippen LogP contribution is 1.93. The highest BCUT2D eigenvalue weighted by atomic mass is 35.5. The molecular formula is C9H7ClN2O. The smallest absolute Gasteiger partial charge is 0.250 e. The van der Waals surface area contributed by atoms with Crippen molar-refractivity contribution in [1.29, 1.82) is 5.26 Å². The molecule has 0 aliphatic carbocycles. The molecule has 1 heterocycles. The first kappa shape index (κ1) is 9.56. The van der Waals surface area contributed by atoms with E-state index in [-0.39, 0.29) is 5.56 Å². The zero-order valence-electron chi connectivity index (χ0n) is 6.77. The van der Waals surface area contributed by atoms with E-state index < -0.39 is 0 Å². The predicted octanol–water partition coefficient (Wildman–Crippen LogP) is 1.47. The Hall–Kier alpha value is -1.53. The van der Waals surface area contributed by atoms with Crippen molar-refractivity contribution in [1.82, 2.24) is 4.57 Å². The fourth-order valence-electron chi connectivity index (χ4n) is 0.894. The largest absolute Gasteiger partial charge is 0.310 e. The van der Waals surface area contributed by atoms with Crippen LogP contribution in [0.3, 0.4) is 0 Å². The number of hydrogen-bond acceptors (Lipinski definition) is 2. The van der Waals surface area contributed by atoms with Gasteiger partial charge in [0, 0.05) is 24.3 Å². The molecule has 0 spiro atoms. The highest BCUT2D eigenvalue weighted by molar-refractivity contribution is 6.25. The number of nitriles is 1. The van der Waals surface area contributed by atoms with Crippen LogP contribution in [0.2, 0.25) is 0 Å². The van der Waals surface area contributed by atoms with Crippen LogP contribution in [0, 0.1) is 11.3 Å². The standard InChI is InChI=1S/C9H7ClN2O/c10-4-1-5-12-7-8(6-11)2-3-9(12)13/h1-4,7H,5H2/b4-1+. The lowest BCUT2D eigenvalue weighted by atomic mass is 10.3. The lowest BCUT2D eigenvalue weighted by Crippen LogP contribution is -2.17. The maximum Gasteiger partial charge on any atom is 0.250 e. The fraction of sp³-hybridized carbons (Fsp3) is 0.111. The molecule has 0 atom stereocenters. The summed E-state index contributed by atoms with van der Waals surface area (Å²) in [4.78, 5) is 11.2. The number of hydrogen-bond donors (Lipinski definition) is 0. The van der Waals surface area contributed by atoms with Gasteiger partial charge in [-0.2, -0.15) is 5.26 Å². The van der Waals surface area contributed by atoms with E-state index in [9.17, 15) is 4.79 Å². The second-order valence-corrected chi connectivity index (χ2v) is 2.63. The van der Waals surface area contributed by atoms with E-state index >= 15 is 0 Å². The molecule has 1 aromatic rings. The average Bonchev–Trinajstić information content (AvgIpc) is 2.17. The van der Waals surface area contributed by atoms with Crippen molar-refractivity contribution in [2.75, 3.05) is 0 Å². The number of rotatable bonds is 2. The molecular weight excluding hydrogens is 188 g/mol. The van der Waals surface area contributed by atoms with E-state index in [0.29, 0.717) is 12.1 Å². The van der Waals surface area contributed by atoms with E-state index in [2.05, 4.69) is 0 Å². The molecule has 4 heteroatoms. The van der Waals surface area contributed by atoms with E-state index in [0.717, 1.165) is 0 Å². The topological polar surface area (TPSA) is 45.8 Å². The summed E-state index contributed by atoms with van der Waals surface area (Å²) >= 11 is 5.32. The van der Waals surface area contributed by atoms with E-state index in [1.165, 1.54) is 28.4 Å². The van der Waals surface area contributed by atoms with E-state index in [1.807, 2.05) is 6.07 Å². The lowest BCUT2D eigenvalue weighted by Gasteiger charge is -2.00. The Kier molecular flexibility index (Phi) is 3.30. The average molecular weight is 195 g/mol. The molecule has 0 saturated heterocycles. The SMILES string of the molecule is N#Cc1ccc(=O)n(C/C=C/Cl)c1. The van der Waals surface area contributed by atoms with Crippen molar-refractivity contribution >= 4 is 11.6 Å². The highest BCUT2D eigenvalue weighted by Gasteiger charge is 1.94. The lowest BCUT2D eigenvalue weighted by molar-refractivity contribution is 0.777. The van der Waals surface area contributed by atoms with Crippen LogP contribution in [0.1, 0.15) is 5.56 Å². The third-order valence-electron chi connectivity index (χ3n) is 1.50. The van der Waals surface area contributed by atoms with Gasteiger partial charge in [-0.1, -0.05) is 17.7 Å². The van der Waals surface area contributed by atoms with Crippen LogP contribution >= 0.6 is 11.6 Å². The summed E-state index contributed by atoms with van der Waals surface area (Å²) in [5.41, 5.74) is 1.65. The summed E-state index contributed by atoms with van der Waals surface area (Å²) in [5.74, 6) is 0. The molecule has 0 N–H and O–H groups in total. The minimum absolute atomic E-state index is 0.145. The van der Waals surface area contributed by atoms with Crippen LogP contribution in [-0.2, 0) is 6.54 Å². The molecule has 0 aliphatic rings. The molecule has 0 amide bonds. The Balaban J connectivity index is 3.06. The van der Waals surface area contributed by atoms with E-state index in [1.54, 1.807) is 6.08 Å². The summed E-state index contributed by atoms with van der Waals surface area (Å²) in [6, 6.07) is 4.81. The molecule has 0 saturated carbocycles. The van der Waals surface area contributed by atoms with E-state index in [4.69, 9.17) is 16.9 Å². The molecule has 3 nitrogen and oxygen atoms in total. The van der Waals surface area contributed by atoms with Crippen LogP contribution in [-0.4, -0.2) is 4.57 Å². The first-order valence-electron chi connectivity index (χ1n) is 3.63. The Morgan fingerprint density at radius 3 is 3.00 bits per heavy atom. The van der Waals surface area contributed by atoms with Crippen LogP contribution in [0.5, 0.6) is 0 Å². The summed E-state index contributed by atoms with van der Waals surface area (Å²) < 4.78 is 1.41. The Morgan fingerprint density at radius 2 is 2.38 bits per heavy atom. The molecule has 0 aliphatic heterocycles. The molecule has 66 valence electrons. The fourth-order valence-corrected chi connectivity index (χ4v) is 0.973. The monoisotopic (exact) mass is 194 g/mol. The molecule has 13 heavy (non-hydrogen) atoms. The quantitative estimate of drug-likeness (QED) is 0.716. The number of nitrogens with zero attached hydrogens (tertiary/aromatic N) is 2. The molecule has 1 rings (SSSR count). The summed E-state index contributed by atoms with van der Waals surface area (Å²) in [6.45, 7) is 0.387. The second-order valence-electron chi connectivity index (χ2n) is 2.38. The Morgan fingerprint density at radius 1 is 1.62 bits per heavy atom. The van der Waals surface area contributed by atoms with Crippen molar-refractivity contribution in [2.45, 2.75) is 6.54 Å². The normalized spacial score (nSPS) is 10.2. The summed E-state index contributed by atoms with van der Waals surface area (Å²) in [5, 5.41) is 8.57. The molecule has 0 bridgehead atoms. The van der Waals surface area contributed by atoms with Gasteiger partial charge in [0.2, 0.25) is 0 Å². The minimum atomic E-state index is -0.145. The van der Waals surface area contributed by atoms with Crippen LogP contribution in [0.4, 0.5) is 0 Å². The van der Waals surface area contributed by atoms with Crippen LogP contribution in [0.15, 0.2) is 34.7 Å². The Labute approximate surface area is 80.5 Å². The van der Waals surface area contributed by atoms with Gasteiger partial charge in [0.15, 0.2) is 0 Å². The number of pyridine rings is 1. The second kappa shape index (κ2) is 4.48. The van der Waals surface area contributed by atoms with Gasteiger partial charge in [0.05, 0.1) is 5.56 Å². The van der Waals surface area contributed by atoms with Gasteiger partial charge >= 0.3 is 0 Å². The maximum atomic E-state index is 11.2. The molecule has 1 aromatic heterocycles. The minimum Gasteiger partial charge on any atom is -0.310 e. The van der Waals surface area contributed by atoms with Gasteiger partial charge in [-0.05, 0) is 6.07 Å². The van der Waals surface area contributed by atoms with Crippen LogP contribution < -0.4 is 5.56 Å². The third kappa shape index (κ3) is 2.46. The maximum absolute atomic E-state index is 11.2. The van der Waals surface area contributed by atoms with Crippen molar-refractivity contribution in [3.05, 3.63) is 45.9 Å². The summed E-state index contributed by atoms with van der Waals surface area (Å²) in [6.07, 6.45) is 3.13.